The molecule has 0 N–H and O–H groups in total. The summed E-state index contributed by atoms with van der Waals surface area (Å²) >= 11 is 0. The molecule has 0 saturated heterocycles. The van der Waals surface area contributed by atoms with Gasteiger partial charge in [-0.05, 0) is 75.8 Å². The highest BCUT2D eigenvalue weighted by Gasteiger charge is 2.43. The van der Waals surface area contributed by atoms with Gasteiger partial charge in [-0.2, -0.15) is 0 Å². The molecule has 2 atom stereocenters. The third-order valence-electron chi connectivity index (χ3n) is 5.69. The SMILES string of the molecule is CCO/C(O[Si](C)(C)C)=C1\[C@@H](O[Si](C)(C)C(C)(C)C)CCC[C@@H]1C(C)C. The normalized spacial score (nSPS) is 24.6. The van der Waals surface area contributed by atoms with Gasteiger partial charge in [0.15, 0.2) is 8.32 Å². The lowest BCUT2D eigenvalue weighted by molar-refractivity contribution is 0.0750. The molecule has 1 rings (SSSR count). The first-order chi connectivity index (χ1) is 11.7. The second-order valence-corrected chi connectivity index (χ2v) is 19.7. The molecule has 1 aliphatic carbocycles. The topological polar surface area (TPSA) is 27.7 Å². The van der Waals surface area contributed by atoms with Crippen LogP contribution in [0.5, 0.6) is 0 Å². The van der Waals surface area contributed by atoms with Crippen molar-refractivity contribution in [2.45, 2.75) is 105 Å². The number of hydrogen-bond acceptors (Lipinski definition) is 3. The van der Waals surface area contributed by atoms with Gasteiger partial charge in [-0.15, -0.1) is 0 Å². The van der Waals surface area contributed by atoms with Crippen LogP contribution in [0.2, 0.25) is 37.8 Å². The van der Waals surface area contributed by atoms with Gasteiger partial charge in [0, 0.05) is 5.57 Å². The first kappa shape index (κ1) is 23.8. The molecule has 0 aliphatic heterocycles. The van der Waals surface area contributed by atoms with E-state index >= 15 is 0 Å². The molecule has 0 bridgehead atoms. The maximum Gasteiger partial charge on any atom is 0.267 e. The van der Waals surface area contributed by atoms with Crippen LogP contribution in [0, 0.1) is 11.8 Å². The number of ether oxygens (including phenoxy) is 1. The van der Waals surface area contributed by atoms with E-state index in [0.717, 1.165) is 12.4 Å². The summed E-state index contributed by atoms with van der Waals surface area (Å²) in [7, 11) is -3.62. The third-order valence-corrected chi connectivity index (χ3v) is 11.0. The van der Waals surface area contributed by atoms with Crippen molar-refractivity contribution in [1.82, 2.24) is 0 Å². The van der Waals surface area contributed by atoms with Crippen molar-refractivity contribution >= 4 is 16.6 Å². The largest absolute Gasteiger partial charge is 0.520 e. The maximum atomic E-state index is 6.91. The van der Waals surface area contributed by atoms with Gasteiger partial charge in [-0.3, -0.25) is 0 Å². The molecule has 5 heteroatoms. The van der Waals surface area contributed by atoms with Crippen LogP contribution < -0.4 is 0 Å². The van der Waals surface area contributed by atoms with Crippen LogP contribution in [0.4, 0.5) is 0 Å². The lowest BCUT2D eigenvalue weighted by Gasteiger charge is -2.44. The molecule has 0 radical (unpaired) electrons. The van der Waals surface area contributed by atoms with Gasteiger partial charge in [-0.25, -0.2) is 0 Å². The van der Waals surface area contributed by atoms with Crippen LogP contribution in [0.3, 0.4) is 0 Å². The van der Waals surface area contributed by atoms with Crippen LogP contribution in [0.25, 0.3) is 0 Å². The van der Waals surface area contributed by atoms with E-state index in [4.69, 9.17) is 13.6 Å². The van der Waals surface area contributed by atoms with Crippen LogP contribution in [0.15, 0.2) is 11.5 Å². The van der Waals surface area contributed by atoms with E-state index in [-0.39, 0.29) is 11.1 Å². The van der Waals surface area contributed by atoms with Gasteiger partial charge in [0.25, 0.3) is 5.95 Å². The Balaban J connectivity index is 3.38. The summed E-state index contributed by atoms with van der Waals surface area (Å²) in [6.07, 6.45) is 3.64. The highest BCUT2D eigenvalue weighted by molar-refractivity contribution is 6.74. The van der Waals surface area contributed by atoms with E-state index in [1.54, 1.807) is 0 Å². The molecule has 0 aromatic rings. The lowest BCUT2D eigenvalue weighted by Crippen LogP contribution is -2.46. The minimum Gasteiger partial charge on any atom is -0.520 e. The zero-order valence-electron chi connectivity index (χ0n) is 19.3. The molecular weight excluding hydrogens is 356 g/mol. The number of hydrogen-bond donors (Lipinski definition) is 0. The highest BCUT2D eigenvalue weighted by Crippen LogP contribution is 2.44. The molecule has 26 heavy (non-hydrogen) atoms. The quantitative estimate of drug-likeness (QED) is 0.342. The fourth-order valence-electron chi connectivity index (χ4n) is 3.28. The van der Waals surface area contributed by atoms with Crippen molar-refractivity contribution in [1.29, 1.82) is 0 Å². The molecule has 1 aliphatic rings. The molecule has 0 spiro atoms. The minimum atomic E-state index is -1.86. The molecule has 3 nitrogen and oxygen atoms in total. The van der Waals surface area contributed by atoms with Gasteiger partial charge in [0.1, 0.15) is 0 Å². The summed E-state index contributed by atoms with van der Waals surface area (Å²) in [6.45, 7) is 25.6. The van der Waals surface area contributed by atoms with E-state index in [9.17, 15) is 0 Å². The first-order valence-corrected chi connectivity index (χ1v) is 16.7. The average Bonchev–Trinajstić information content (AvgIpc) is 2.43. The van der Waals surface area contributed by atoms with Gasteiger partial charge >= 0.3 is 0 Å². The maximum absolute atomic E-state index is 6.91. The van der Waals surface area contributed by atoms with Crippen molar-refractivity contribution < 1.29 is 13.6 Å². The van der Waals surface area contributed by atoms with Gasteiger partial charge in [0.05, 0.1) is 12.7 Å². The Hall–Kier alpha value is -0.266. The Morgan fingerprint density at radius 2 is 1.65 bits per heavy atom. The van der Waals surface area contributed by atoms with E-state index in [1.807, 2.05) is 6.92 Å². The second-order valence-electron chi connectivity index (χ2n) is 10.5. The molecular formula is C21H44O3Si2. The monoisotopic (exact) mass is 400 g/mol. The Labute approximate surface area is 165 Å². The molecule has 0 heterocycles. The van der Waals surface area contributed by atoms with E-state index in [1.165, 1.54) is 18.4 Å². The minimum absolute atomic E-state index is 0.134. The second kappa shape index (κ2) is 8.82. The van der Waals surface area contributed by atoms with E-state index < -0.39 is 16.6 Å². The van der Waals surface area contributed by atoms with Gasteiger partial charge in [-0.1, -0.05) is 34.6 Å². The highest BCUT2D eigenvalue weighted by atomic mass is 28.4. The summed E-state index contributed by atoms with van der Waals surface area (Å²) in [5, 5.41) is 0.203. The first-order valence-electron chi connectivity index (χ1n) is 10.4. The third kappa shape index (κ3) is 6.41. The fourth-order valence-corrected chi connectivity index (χ4v) is 5.33. The average molecular weight is 401 g/mol. The van der Waals surface area contributed by atoms with Crippen LogP contribution in [-0.4, -0.2) is 29.3 Å². The molecule has 0 amide bonds. The van der Waals surface area contributed by atoms with Crippen molar-refractivity contribution in [2.75, 3.05) is 6.61 Å². The van der Waals surface area contributed by atoms with E-state index in [2.05, 4.69) is 67.4 Å². The van der Waals surface area contributed by atoms with Crippen molar-refractivity contribution in [2.24, 2.45) is 11.8 Å². The smallest absolute Gasteiger partial charge is 0.267 e. The summed E-state index contributed by atoms with van der Waals surface area (Å²) in [5.41, 5.74) is 1.31. The molecule has 0 aromatic carbocycles. The Morgan fingerprint density at radius 1 is 1.08 bits per heavy atom. The molecule has 154 valence electrons. The lowest BCUT2D eigenvalue weighted by atomic mass is 9.76. The Bertz CT molecular complexity index is 484. The summed E-state index contributed by atoms with van der Waals surface area (Å²) in [5.74, 6) is 1.83. The van der Waals surface area contributed by atoms with Crippen LogP contribution in [-0.2, 0) is 13.6 Å². The Morgan fingerprint density at radius 3 is 2.08 bits per heavy atom. The van der Waals surface area contributed by atoms with Crippen LogP contribution in [0.1, 0.15) is 60.8 Å². The standard InChI is InChI=1S/C21H44O3Si2/c1-12-22-20(24-25(7,8)9)19-17(16(2)3)14-13-15-18(19)23-26(10,11)21(4,5)6/h16-18H,12-15H2,1-11H3/b20-19+/t17-,18+/m1/s1. The van der Waals surface area contributed by atoms with Crippen molar-refractivity contribution in [3.05, 3.63) is 11.5 Å². The zero-order valence-corrected chi connectivity index (χ0v) is 21.3. The molecule has 0 unspecified atom stereocenters. The van der Waals surface area contributed by atoms with Crippen molar-refractivity contribution in [3.8, 4) is 0 Å². The molecule has 0 aromatic heterocycles. The predicted octanol–water partition coefficient (Wildman–Crippen LogP) is 6.93. The molecule has 1 fully saturated rings. The summed E-state index contributed by atoms with van der Waals surface area (Å²) < 4.78 is 19.5. The zero-order chi connectivity index (χ0) is 20.3. The van der Waals surface area contributed by atoms with Crippen molar-refractivity contribution in [3.63, 3.8) is 0 Å². The van der Waals surface area contributed by atoms with Crippen LogP contribution >= 0.6 is 0 Å². The molecule has 1 saturated carbocycles. The number of rotatable bonds is 7. The predicted molar refractivity (Wildman–Crippen MR) is 117 cm³/mol. The van der Waals surface area contributed by atoms with E-state index in [0.29, 0.717) is 18.4 Å². The fraction of sp³-hybridized carbons (Fsp3) is 0.905. The summed E-state index contributed by atoms with van der Waals surface area (Å²) in [6, 6.07) is 0. The Kier molecular flexibility index (Phi) is 8.07. The van der Waals surface area contributed by atoms with Gasteiger partial charge in [0.2, 0.25) is 8.32 Å². The van der Waals surface area contributed by atoms with Gasteiger partial charge < -0.3 is 13.6 Å². The summed E-state index contributed by atoms with van der Waals surface area (Å²) in [4.78, 5) is 0.